The SMILES string of the molecule is C=CCON=C(C(=O)NC1C(=O)N2C(C(=O)O)=C(CS/C=C/c3ccccn3)CS[C@H]12)c1nsc(N)n1. The number of carbonyl (C=O) groups excluding carboxylic acids is 2. The average Bonchev–Trinajstić information content (AvgIpc) is 3.33. The number of nitrogens with zero attached hydrogens (tertiary/aromatic N) is 5. The highest BCUT2D eigenvalue weighted by atomic mass is 32.2. The molecular formula is C22H21N7O5S3. The number of β-lactam (4-membered cyclic amide) rings is 1. The van der Waals surface area contributed by atoms with E-state index < -0.39 is 29.2 Å². The summed E-state index contributed by atoms with van der Waals surface area (Å²) in [5.41, 5.74) is 6.70. The van der Waals surface area contributed by atoms with Gasteiger partial charge in [0.15, 0.2) is 5.13 Å². The molecule has 15 heteroatoms. The van der Waals surface area contributed by atoms with Gasteiger partial charge in [-0.15, -0.1) is 23.5 Å². The number of anilines is 1. The van der Waals surface area contributed by atoms with E-state index in [1.807, 2.05) is 29.7 Å². The molecule has 2 aromatic heterocycles. The van der Waals surface area contributed by atoms with Crippen LogP contribution in [-0.2, 0) is 19.2 Å². The van der Waals surface area contributed by atoms with Crippen LogP contribution in [0.3, 0.4) is 0 Å². The van der Waals surface area contributed by atoms with Gasteiger partial charge in [0.1, 0.15) is 23.7 Å². The number of aliphatic carboxylic acids is 1. The number of carbonyl (C=O) groups is 3. The number of hydrogen-bond acceptors (Lipinski definition) is 12. The highest BCUT2D eigenvalue weighted by Crippen LogP contribution is 2.41. The van der Waals surface area contributed by atoms with Gasteiger partial charge in [-0.25, -0.2) is 4.79 Å². The highest BCUT2D eigenvalue weighted by Gasteiger charge is 2.54. The smallest absolute Gasteiger partial charge is 0.352 e. The van der Waals surface area contributed by atoms with Crippen LogP contribution in [0.25, 0.3) is 6.08 Å². The average molecular weight is 560 g/mol. The van der Waals surface area contributed by atoms with E-state index in [1.165, 1.54) is 34.5 Å². The van der Waals surface area contributed by atoms with Crippen LogP contribution in [0.15, 0.2) is 58.9 Å². The van der Waals surface area contributed by atoms with Crippen molar-refractivity contribution >= 4 is 69.8 Å². The van der Waals surface area contributed by atoms with Gasteiger partial charge in [0, 0.05) is 29.2 Å². The first kappa shape index (κ1) is 26.4. The van der Waals surface area contributed by atoms with Crippen LogP contribution < -0.4 is 11.1 Å². The number of aromatic nitrogens is 3. The molecule has 12 nitrogen and oxygen atoms in total. The van der Waals surface area contributed by atoms with Gasteiger partial charge < -0.3 is 21.0 Å². The Hall–Kier alpha value is -3.69. The summed E-state index contributed by atoms with van der Waals surface area (Å²) in [6.45, 7) is 3.55. The summed E-state index contributed by atoms with van der Waals surface area (Å²) in [6, 6.07) is 4.59. The number of nitrogens with one attached hydrogen (secondary N) is 1. The van der Waals surface area contributed by atoms with Gasteiger partial charge in [0.05, 0.1) is 5.69 Å². The van der Waals surface area contributed by atoms with Crippen LogP contribution in [-0.4, -0.2) is 77.4 Å². The minimum absolute atomic E-state index is 0.0373. The zero-order valence-electron chi connectivity index (χ0n) is 19.1. The number of nitrogen functional groups attached to an aromatic ring is 1. The number of hydrogen-bond donors (Lipinski definition) is 3. The Balaban J connectivity index is 1.45. The molecule has 37 heavy (non-hydrogen) atoms. The second-order valence-corrected chi connectivity index (χ2v) is 10.2. The van der Waals surface area contributed by atoms with Crippen molar-refractivity contribution < 1.29 is 24.3 Å². The molecular weight excluding hydrogens is 538 g/mol. The van der Waals surface area contributed by atoms with Gasteiger partial charge >= 0.3 is 5.97 Å². The first-order valence-corrected chi connectivity index (χ1v) is 13.6. The minimum Gasteiger partial charge on any atom is -0.477 e. The number of oxime groups is 1. The minimum atomic E-state index is -1.20. The van der Waals surface area contributed by atoms with Gasteiger partial charge in [0.2, 0.25) is 11.5 Å². The molecule has 0 aromatic carbocycles. The Morgan fingerprint density at radius 3 is 2.95 bits per heavy atom. The van der Waals surface area contributed by atoms with Crippen molar-refractivity contribution in [2.45, 2.75) is 11.4 Å². The third kappa shape index (κ3) is 6.00. The summed E-state index contributed by atoms with van der Waals surface area (Å²) in [6.07, 6.45) is 4.95. The number of amides is 2. The maximum Gasteiger partial charge on any atom is 0.352 e. The topological polar surface area (TPSA) is 173 Å². The third-order valence-electron chi connectivity index (χ3n) is 5.03. The number of carboxylic acids is 1. The molecule has 4 N–H and O–H groups in total. The van der Waals surface area contributed by atoms with Crippen LogP contribution in [0.1, 0.15) is 11.5 Å². The Morgan fingerprint density at radius 1 is 1.43 bits per heavy atom. The molecule has 0 bridgehead atoms. The molecule has 2 aliphatic rings. The van der Waals surface area contributed by atoms with Crippen molar-refractivity contribution in [2.24, 2.45) is 5.16 Å². The van der Waals surface area contributed by atoms with Crippen LogP contribution in [0, 0.1) is 0 Å². The maximum atomic E-state index is 13.0. The zero-order valence-corrected chi connectivity index (χ0v) is 21.6. The number of carboxylic acid groups (broad SMARTS) is 1. The number of fused-ring (bicyclic) bond motifs is 1. The molecule has 0 spiro atoms. The van der Waals surface area contributed by atoms with Gasteiger partial charge in [-0.1, -0.05) is 23.9 Å². The Labute approximate surface area is 223 Å². The lowest BCUT2D eigenvalue weighted by molar-refractivity contribution is -0.150. The number of pyridine rings is 1. The van der Waals surface area contributed by atoms with Gasteiger partial charge in [-0.2, -0.15) is 9.36 Å². The molecule has 4 heterocycles. The normalized spacial score (nSPS) is 19.4. The highest BCUT2D eigenvalue weighted by molar-refractivity contribution is 8.02. The van der Waals surface area contributed by atoms with E-state index in [1.54, 1.807) is 6.20 Å². The molecule has 1 unspecified atom stereocenters. The van der Waals surface area contributed by atoms with Gasteiger partial charge in [0.25, 0.3) is 11.8 Å². The van der Waals surface area contributed by atoms with E-state index in [-0.39, 0.29) is 29.0 Å². The van der Waals surface area contributed by atoms with E-state index in [4.69, 9.17) is 10.6 Å². The molecule has 0 aliphatic carbocycles. The number of nitrogens with two attached hydrogens (primary N) is 1. The van der Waals surface area contributed by atoms with Crippen molar-refractivity contribution in [3.63, 3.8) is 0 Å². The van der Waals surface area contributed by atoms with E-state index in [9.17, 15) is 19.5 Å². The summed E-state index contributed by atoms with van der Waals surface area (Å²) in [4.78, 5) is 52.4. The number of thioether (sulfide) groups is 2. The lowest BCUT2D eigenvalue weighted by Gasteiger charge is -2.49. The second kappa shape index (κ2) is 12.0. The van der Waals surface area contributed by atoms with Crippen molar-refractivity contribution in [3.8, 4) is 0 Å². The molecule has 192 valence electrons. The van der Waals surface area contributed by atoms with Crippen LogP contribution in [0.4, 0.5) is 5.13 Å². The van der Waals surface area contributed by atoms with Crippen molar-refractivity contribution in [1.29, 1.82) is 0 Å². The fourth-order valence-electron chi connectivity index (χ4n) is 3.41. The zero-order chi connectivity index (χ0) is 26.4. The summed E-state index contributed by atoms with van der Waals surface area (Å²) < 4.78 is 3.98. The molecule has 2 atom stereocenters. The molecule has 1 fully saturated rings. The van der Waals surface area contributed by atoms with E-state index in [0.717, 1.165) is 17.2 Å². The van der Waals surface area contributed by atoms with E-state index in [0.29, 0.717) is 17.1 Å². The largest absolute Gasteiger partial charge is 0.477 e. The lowest BCUT2D eigenvalue weighted by atomic mass is 10.0. The van der Waals surface area contributed by atoms with E-state index >= 15 is 0 Å². The third-order valence-corrected chi connectivity index (χ3v) is 7.76. The van der Waals surface area contributed by atoms with E-state index in [2.05, 4.69) is 31.4 Å². The molecule has 1 saturated heterocycles. The van der Waals surface area contributed by atoms with Crippen molar-refractivity contribution in [3.05, 3.63) is 65.2 Å². The first-order valence-electron chi connectivity index (χ1n) is 10.7. The summed E-state index contributed by atoms with van der Waals surface area (Å²) in [5.74, 6) is -1.75. The summed E-state index contributed by atoms with van der Waals surface area (Å²) in [7, 11) is 0. The standard InChI is InChI=1S/C22H21N7O5S3/c1-2-8-34-27-14(17-26-22(23)37-28-17)18(30)25-15-19(31)29-16(21(32)33)12(11-36-20(15)29)10-35-9-6-13-5-3-4-7-24-13/h2-7,9,15,20H,1,8,10-11H2,(H,25,30)(H,32,33)(H2,23,26,28)/b9-6+,27-14?/t15?,20-/m1/s1. The molecule has 4 rings (SSSR count). The monoisotopic (exact) mass is 559 g/mol. The van der Waals surface area contributed by atoms with Crippen LogP contribution >= 0.6 is 35.1 Å². The fourth-order valence-corrected chi connectivity index (χ4v) is 6.10. The second-order valence-electron chi connectivity index (χ2n) is 7.47. The first-order chi connectivity index (χ1) is 17.9. The quantitative estimate of drug-likeness (QED) is 0.120. The fraction of sp³-hybridized carbons (Fsp3) is 0.227. The maximum absolute atomic E-state index is 13.0. The summed E-state index contributed by atoms with van der Waals surface area (Å²) >= 11 is 3.65. The predicted octanol–water partition coefficient (Wildman–Crippen LogP) is 1.56. The molecule has 0 radical (unpaired) electrons. The van der Waals surface area contributed by atoms with Crippen LogP contribution in [0.5, 0.6) is 0 Å². The van der Waals surface area contributed by atoms with Gasteiger partial charge in [-0.05, 0) is 29.2 Å². The van der Waals surface area contributed by atoms with Crippen LogP contribution in [0.2, 0.25) is 0 Å². The van der Waals surface area contributed by atoms with Gasteiger partial charge in [-0.3, -0.25) is 19.5 Å². The Morgan fingerprint density at radius 2 is 2.27 bits per heavy atom. The van der Waals surface area contributed by atoms with Crippen molar-refractivity contribution in [1.82, 2.24) is 24.6 Å². The lowest BCUT2D eigenvalue weighted by Crippen LogP contribution is -2.71. The Kier molecular flexibility index (Phi) is 8.58. The molecule has 2 aromatic rings. The van der Waals surface area contributed by atoms with Crippen molar-refractivity contribution in [2.75, 3.05) is 23.8 Å². The predicted molar refractivity (Wildman–Crippen MR) is 142 cm³/mol. The molecule has 0 saturated carbocycles. The molecule has 2 aliphatic heterocycles. The molecule has 2 amide bonds. The number of rotatable bonds is 11. The Bertz CT molecular complexity index is 1290. The summed E-state index contributed by atoms with van der Waals surface area (Å²) in [5, 5.41) is 17.6.